The Morgan fingerprint density at radius 3 is 2.34 bits per heavy atom. The molecule has 0 bridgehead atoms. The van der Waals surface area contributed by atoms with Crippen LogP contribution in [0.5, 0.6) is 0 Å². The Morgan fingerprint density at radius 1 is 1.31 bits per heavy atom. The van der Waals surface area contributed by atoms with Crippen LogP contribution >= 0.6 is 0 Å². The number of aromatic nitrogens is 2. The van der Waals surface area contributed by atoms with E-state index in [-0.39, 0.29) is 12.5 Å². The minimum atomic E-state index is -5.08. The second-order valence-electron chi connectivity index (χ2n) is 7.15. The van der Waals surface area contributed by atoms with Crippen molar-refractivity contribution in [3.63, 3.8) is 0 Å². The van der Waals surface area contributed by atoms with E-state index in [9.17, 15) is 18.0 Å². The van der Waals surface area contributed by atoms with Gasteiger partial charge in [-0.25, -0.2) is 4.79 Å². The maximum absolute atomic E-state index is 12.2. The Morgan fingerprint density at radius 2 is 1.90 bits per heavy atom. The molecular weight excluding hydrogens is 393 g/mol. The zero-order valence-electron chi connectivity index (χ0n) is 17.4. The third-order valence-corrected chi connectivity index (χ3v) is 4.15. The molecule has 1 aromatic rings. The van der Waals surface area contributed by atoms with E-state index in [1.807, 2.05) is 11.8 Å². The average Bonchev–Trinajstić information content (AvgIpc) is 2.96. The first-order valence-corrected chi connectivity index (χ1v) is 9.27. The van der Waals surface area contributed by atoms with Crippen molar-refractivity contribution in [1.29, 1.82) is 0 Å². The standard InChI is InChI=1S/C16H28N4O2.C2HF3O2/c1-6-22-11-16(21)19-8-7-13-14(9-18(4)5)17-20(12(2)3)15(13)10-19;3-2(4,5)1(6)7/h12H,6-11H2,1-5H3;(H,6,7). The summed E-state index contributed by atoms with van der Waals surface area (Å²) in [7, 11) is 4.11. The van der Waals surface area contributed by atoms with Crippen molar-refractivity contribution < 1.29 is 32.6 Å². The highest BCUT2D eigenvalue weighted by atomic mass is 19.4. The van der Waals surface area contributed by atoms with Crippen molar-refractivity contribution in [2.24, 2.45) is 0 Å². The number of carboxylic acids is 1. The van der Waals surface area contributed by atoms with Gasteiger partial charge in [0.1, 0.15) is 6.61 Å². The second kappa shape index (κ2) is 10.6. The summed E-state index contributed by atoms with van der Waals surface area (Å²) in [6, 6.07) is 0.298. The van der Waals surface area contributed by atoms with Crippen LogP contribution in [0.25, 0.3) is 0 Å². The lowest BCUT2D eigenvalue weighted by molar-refractivity contribution is -0.192. The van der Waals surface area contributed by atoms with E-state index < -0.39 is 12.1 Å². The van der Waals surface area contributed by atoms with Crippen LogP contribution in [0.4, 0.5) is 13.2 Å². The average molecular weight is 422 g/mol. The molecule has 2 rings (SSSR count). The number of rotatable bonds is 6. The lowest BCUT2D eigenvalue weighted by atomic mass is 10.0. The number of ether oxygens (including phenoxy) is 1. The van der Waals surface area contributed by atoms with E-state index in [1.165, 1.54) is 11.3 Å². The molecule has 0 aliphatic carbocycles. The molecule has 1 aliphatic heterocycles. The van der Waals surface area contributed by atoms with Gasteiger partial charge in [-0.1, -0.05) is 0 Å². The fourth-order valence-corrected chi connectivity index (χ4v) is 2.87. The molecule has 1 aliphatic rings. The highest BCUT2D eigenvalue weighted by molar-refractivity contribution is 5.77. The van der Waals surface area contributed by atoms with Gasteiger partial charge in [0.05, 0.1) is 17.9 Å². The summed E-state index contributed by atoms with van der Waals surface area (Å²) in [4.78, 5) is 25.1. The molecule has 1 aromatic heterocycles. The summed E-state index contributed by atoms with van der Waals surface area (Å²) in [6.07, 6.45) is -4.21. The summed E-state index contributed by atoms with van der Waals surface area (Å²) in [5.41, 5.74) is 3.65. The van der Waals surface area contributed by atoms with E-state index in [0.29, 0.717) is 19.2 Å². The van der Waals surface area contributed by atoms with Crippen molar-refractivity contribution in [2.75, 3.05) is 33.9 Å². The van der Waals surface area contributed by atoms with Gasteiger partial charge < -0.3 is 19.6 Å². The van der Waals surface area contributed by atoms with Crippen molar-refractivity contribution in [3.8, 4) is 0 Å². The van der Waals surface area contributed by atoms with E-state index in [1.54, 1.807) is 0 Å². The molecule has 0 saturated carbocycles. The fraction of sp³-hybridized carbons (Fsp3) is 0.722. The molecule has 0 saturated heterocycles. The highest BCUT2D eigenvalue weighted by Crippen LogP contribution is 2.26. The van der Waals surface area contributed by atoms with Gasteiger partial charge in [-0.3, -0.25) is 9.48 Å². The second-order valence-corrected chi connectivity index (χ2v) is 7.15. The zero-order chi connectivity index (χ0) is 22.4. The number of carbonyl (C=O) groups is 2. The molecule has 166 valence electrons. The van der Waals surface area contributed by atoms with Gasteiger partial charge in [0.25, 0.3) is 0 Å². The van der Waals surface area contributed by atoms with E-state index in [4.69, 9.17) is 19.7 Å². The van der Waals surface area contributed by atoms with Gasteiger partial charge in [0.15, 0.2) is 0 Å². The molecule has 1 N–H and O–H groups in total. The van der Waals surface area contributed by atoms with Gasteiger partial charge in [-0.15, -0.1) is 0 Å². The summed E-state index contributed by atoms with van der Waals surface area (Å²) in [5, 5.41) is 11.9. The first-order valence-electron chi connectivity index (χ1n) is 9.27. The van der Waals surface area contributed by atoms with Crippen molar-refractivity contribution >= 4 is 11.9 Å². The van der Waals surface area contributed by atoms with E-state index >= 15 is 0 Å². The third kappa shape index (κ3) is 7.32. The summed E-state index contributed by atoms with van der Waals surface area (Å²) >= 11 is 0. The molecule has 1 amide bonds. The SMILES string of the molecule is CCOCC(=O)N1CCc2c(CN(C)C)nn(C(C)C)c2C1.O=C(O)C(F)(F)F. The lowest BCUT2D eigenvalue weighted by Crippen LogP contribution is -2.39. The monoisotopic (exact) mass is 422 g/mol. The molecule has 11 heteroatoms. The molecule has 0 radical (unpaired) electrons. The Hall–Kier alpha value is -2.14. The maximum Gasteiger partial charge on any atom is 0.490 e. The van der Waals surface area contributed by atoms with Crippen LogP contribution in [0.15, 0.2) is 0 Å². The molecule has 29 heavy (non-hydrogen) atoms. The van der Waals surface area contributed by atoms with Crippen LogP contribution < -0.4 is 0 Å². The molecular formula is C18H29F3N4O4. The largest absolute Gasteiger partial charge is 0.490 e. The number of aliphatic carboxylic acids is 1. The number of alkyl halides is 3. The highest BCUT2D eigenvalue weighted by Gasteiger charge is 2.38. The molecule has 0 aromatic carbocycles. The third-order valence-electron chi connectivity index (χ3n) is 4.15. The van der Waals surface area contributed by atoms with Gasteiger partial charge in [0, 0.05) is 31.3 Å². The molecule has 8 nitrogen and oxygen atoms in total. The van der Waals surface area contributed by atoms with Gasteiger partial charge >= 0.3 is 12.1 Å². The Labute approximate surface area is 168 Å². The number of amides is 1. The molecule has 0 unspecified atom stereocenters. The minimum Gasteiger partial charge on any atom is -0.475 e. The first kappa shape index (κ1) is 24.9. The number of carbonyl (C=O) groups excluding carboxylic acids is 1. The number of carboxylic acid groups (broad SMARTS) is 1. The summed E-state index contributed by atoms with van der Waals surface area (Å²) in [6.45, 7) is 9.15. The lowest BCUT2D eigenvalue weighted by Gasteiger charge is -2.28. The number of hydrogen-bond acceptors (Lipinski definition) is 5. The number of fused-ring (bicyclic) bond motifs is 1. The number of nitrogens with zero attached hydrogens (tertiary/aromatic N) is 4. The Balaban J connectivity index is 0.000000516. The quantitative estimate of drug-likeness (QED) is 0.755. The molecule has 2 heterocycles. The number of halogens is 3. The van der Waals surface area contributed by atoms with Gasteiger partial charge in [0.2, 0.25) is 5.91 Å². The molecule has 0 spiro atoms. The van der Waals surface area contributed by atoms with Crippen LogP contribution in [0.1, 0.15) is 43.8 Å². The smallest absolute Gasteiger partial charge is 0.475 e. The van der Waals surface area contributed by atoms with Gasteiger partial charge in [-0.05, 0) is 41.3 Å². The van der Waals surface area contributed by atoms with Crippen LogP contribution in [0.2, 0.25) is 0 Å². The van der Waals surface area contributed by atoms with Crippen LogP contribution in [-0.4, -0.2) is 76.6 Å². The Bertz CT molecular complexity index is 702. The Kier molecular flexibility index (Phi) is 9.09. The summed E-state index contributed by atoms with van der Waals surface area (Å²) in [5.74, 6) is -2.69. The predicted molar refractivity (Wildman–Crippen MR) is 99.3 cm³/mol. The van der Waals surface area contributed by atoms with Gasteiger partial charge in [-0.2, -0.15) is 18.3 Å². The fourth-order valence-electron chi connectivity index (χ4n) is 2.87. The topological polar surface area (TPSA) is 87.9 Å². The van der Waals surface area contributed by atoms with E-state index in [0.717, 1.165) is 25.2 Å². The van der Waals surface area contributed by atoms with Crippen molar-refractivity contribution in [1.82, 2.24) is 19.6 Å². The van der Waals surface area contributed by atoms with Crippen LogP contribution in [0, 0.1) is 0 Å². The molecule has 0 atom stereocenters. The zero-order valence-corrected chi connectivity index (χ0v) is 17.4. The first-order chi connectivity index (χ1) is 13.4. The van der Waals surface area contributed by atoms with E-state index in [2.05, 4.69) is 37.5 Å². The van der Waals surface area contributed by atoms with Crippen LogP contribution in [-0.2, 0) is 33.8 Å². The normalized spacial score (nSPS) is 13.9. The summed E-state index contributed by atoms with van der Waals surface area (Å²) < 4.78 is 39.1. The maximum atomic E-state index is 12.2. The molecule has 0 fully saturated rings. The number of hydrogen-bond donors (Lipinski definition) is 1. The van der Waals surface area contributed by atoms with Crippen molar-refractivity contribution in [3.05, 3.63) is 17.0 Å². The van der Waals surface area contributed by atoms with Crippen LogP contribution in [0.3, 0.4) is 0 Å². The van der Waals surface area contributed by atoms with Crippen molar-refractivity contribution in [2.45, 2.75) is 52.5 Å². The minimum absolute atomic E-state index is 0.0677. The predicted octanol–water partition coefficient (Wildman–Crippen LogP) is 2.08.